The van der Waals surface area contributed by atoms with E-state index in [-0.39, 0.29) is 6.10 Å². The molecule has 0 aromatic carbocycles. The molecule has 0 aliphatic carbocycles. The number of nitrogens with zero attached hydrogens (tertiary/aromatic N) is 1. The van der Waals surface area contributed by atoms with Crippen LogP contribution in [0.1, 0.15) is 156 Å². The maximum atomic E-state index is 11.4. The number of unbranched alkanes of at least 4 members (excludes halogenated alkanes) is 18. The van der Waals surface area contributed by atoms with E-state index in [1.165, 1.54) is 116 Å². The maximum Gasteiger partial charge on any atom is 0.470 e. The molecule has 222 valence electrons. The van der Waals surface area contributed by atoms with Gasteiger partial charge in [-0.1, -0.05) is 122 Å². The van der Waals surface area contributed by atoms with Crippen molar-refractivity contribution in [1.29, 1.82) is 0 Å². The molecular weight excluding hydrogens is 481 g/mol. The van der Waals surface area contributed by atoms with Gasteiger partial charge in [0, 0.05) is 0 Å². The van der Waals surface area contributed by atoms with E-state index in [1.54, 1.807) is 0 Å². The summed E-state index contributed by atoms with van der Waals surface area (Å²) in [5.41, 5.74) is 0. The van der Waals surface area contributed by atoms with Crippen LogP contribution in [-0.4, -0.2) is 47.1 Å². The van der Waals surface area contributed by atoms with E-state index in [0.29, 0.717) is 6.54 Å². The fourth-order valence-electron chi connectivity index (χ4n) is 5.03. The van der Waals surface area contributed by atoms with Crippen molar-refractivity contribution in [2.75, 3.05) is 26.7 Å². The van der Waals surface area contributed by atoms with Crippen LogP contribution in [0.25, 0.3) is 0 Å². The van der Waals surface area contributed by atoms with Crippen molar-refractivity contribution in [3.63, 3.8) is 0 Å². The Morgan fingerprint density at radius 2 is 1.03 bits per heavy atom. The van der Waals surface area contributed by atoms with E-state index in [2.05, 4.69) is 40.0 Å². The maximum absolute atomic E-state index is 11.4. The Bertz CT molecular complexity index is 559. The van der Waals surface area contributed by atoms with Crippen LogP contribution in [0, 0.1) is 0 Å². The molecule has 0 spiro atoms. The lowest BCUT2D eigenvalue weighted by molar-refractivity contribution is -0.908. The summed E-state index contributed by atoms with van der Waals surface area (Å²) in [7, 11) is -2.31. The molecule has 5 nitrogen and oxygen atoms in total. The number of phosphoric ester groups is 1. The van der Waals surface area contributed by atoms with Crippen molar-refractivity contribution in [2.45, 2.75) is 162 Å². The molecule has 2 N–H and O–H groups in total. The van der Waals surface area contributed by atoms with E-state index in [0.717, 1.165) is 36.8 Å². The fourth-order valence-corrected chi connectivity index (χ4v) is 5.59. The first-order valence-electron chi connectivity index (χ1n) is 16.0. The fraction of sp³-hybridized carbons (Fsp3) is 0.935. The minimum Gasteiger partial charge on any atom is -0.324 e. The molecule has 0 fully saturated rings. The number of likely N-dealkylation sites (N-methyl/N-ethyl adjacent to an activating group) is 1. The van der Waals surface area contributed by atoms with Crippen LogP contribution < -0.4 is 0 Å². The summed E-state index contributed by atoms with van der Waals surface area (Å²) >= 11 is 0. The van der Waals surface area contributed by atoms with E-state index in [4.69, 9.17) is 4.52 Å². The summed E-state index contributed by atoms with van der Waals surface area (Å²) in [4.78, 5) is 18.6. The van der Waals surface area contributed by atoms with Gasteiger partial charge >= 0.3 is 7.82 Å². The third-order valence-corrected chi connectivity index (χ3v) is 8.57. The Morgan fingerprint density at radius 3 is 1.41 bits per heavy atom. The number of allylic oxidation sites excluding steroid dienone is 2. The summed E-state index contributed by atoms with van der Waals surface area (Å²) < 4.78 is 17.3. The Hall–Kier alpha value is -0.190. The summed E-state index contributed by atoms with van der Waals surface area (Å²) in [6.45, 7) is 9.06. The molecule has 0 aliphatic heterocycles. The average molecular weight is 547 g/mol. The Morgan fingerprint density at radius 1 is 0.649 bits per heavy atom. The monoisotopic (exact) mass is 546 g/mol. The van der Waals surface area contributed by atoms with Crippen LogP contribution in [0.4, 0.5) is 0 Å². The number of hydrogen-bond acceptors (Lipinski definition) is 2. The van der Waals surface area contributed by atoms with Crippen molar-refractivity contribution in [3.05, 3.63) is 12.2 Å². The lowest BCUT2D eigenvalue weighted by atomic mass is 10.0. The van der Waals surface area contributed by atoms with Crippen molar-refractivity contribution in [1.82, 2.24) is 0 Å². The number of phosphoric acid groups is 1. The van der Waals surface area contributed by atoms with Crippen molar-refractivity contribution in [3.8, 4) is 0 Å². The molecule has 1 atom stereocenters. The Labute approximate surface area is 231 Å². The highest BCUT2D eigenvalue weighted by atomic mass is 31.2. The smallest absolute Gasteiger partial charge is 0.324 e. The first-order valence-corrected chi connectivity index (χ1v) is 17.5. The van der Waals surface area contributed by atoms with Gasteiger partial charge in [0.25, 0.3) is 0 Å². The first kappa shape index (κ1) is 36.8. The standard InChI is InChI=1S/C31H64NO4P/c1-5-8-9-10-11-12-13-14-15-16-17-18-19-20-21-22-23-24-25-26-27-28-29-31(36-37(33,34)35)30-32(4,6-2)7-3/h14-15,31H,5-13,16-30H2,1-4H3,(H-,33,34,35)/p+1/b15-14-. The van der Waals surface area contributed by atoms with Crippen LogP contribution in [-0.2, 0) is 9.09 Å². The molecule has 0 saturated heterocycles. The van der Waals surface area contributed by atoms with E-state index in [1.807, 2.05) is 0 Å². The van der Waals surface area contributed by atoms with E-state index in [9.17, 15) is 14.4 Å². The van der Waals surface area contributed by atoms with Crippen LogP contribution >= 0.6 is 7.82 Å². The minimum atomic E-state index is -4.44. The zero-order chi connectivity index (χ0) is 27.7. The molecule has 0 aliphatic rings. The summed E-state index contributed by atoms with van der Waals surface area (Å²) in [6.07, 6.45) is 31.5. The van der Waals surface area contributed by atoms with Crippen LogP contribution in [0.3, 0.4) is 0 Å². The van der Waals surface area contributed by atoms with Gasteiger partial charge < -0.3 is 14.3 Å². The number of hydrogen-bond donors (Lipinski definition) is 2. The van der Waals surface area contributed by atoms with Gasteiger partial charge in [-0.05, 0) is 46.0 Å². The third kappa shape index (κ3) is 25.8. The van der Waals surface area contributed by atoms with Gasteiger partial charge in [-0.2, -0.15) is 0 Å². The second-order valence-corrected chi connectivity index (χ2v) is 12.7. The zero-order valence-corrected chi connectivity index (χ0v) is 26.2. The van der Waals surface area contributed by atoms with Gasteiger partial charge in [0.05, 0.1) is 20.1 Å². The molecule has 0 heterocycles. The van der Waals surface area contributed by atoms with Gasteiger partial charge in [-0.15, -0.1) is 0 Å². The molecule has 0 rings (SSSR count). The van der Waals surface area contributed by atoms with E-state index < -0.39 is 7.82 Å². The lowest BCUT2D eigenvalue weighted by Crippen LogP contribution is -2.48. The molecule has 0 aromatic heterocycles. The molecule has 0 bridgehead atoms. The predicted molar refractivity (Wildman–Crippen MR) is 161 cm³/mol. The highest BCUT2D eigenvalue weighted by molar-refractivity contribution is 7.46. The molecule has 0 radical (unpaired) electrons. The summed E-state index contributed by atoms with van der Waals surface area (Å²) in [6, 6.07) is 0. The van der Waals surface area contributed by atoms with E-state index >= 15 is 0 Å². The van der Waals surface area contributed by atoms with Gasteiger partial charge in [0.15, 0.2) is 0 Å². The Kier molecular flexibility index (Phi) is 24.7. The largest absolute Gasteiger partial charge is 0.470 e. The topological polar surface area (TPSA) is 66.8 Å². The molecule has 0 saturated carbocycles. The number of quaternary nitrogens is 1. The molecular formula is C31H65NO4P+. The second-order valence-electron chi connectivity index (χ2n) is 11.5. The van der Waals surface area contributed by atoms with Crippen LogP contribution in [0.5, 0.6) is 0 Å². The number of rotatable bonds is 28. The van der Waals surface area contributed by atoms with Crippen molar-refractivity contribution in [2.24, 2.45) is 0 Å². The highest BCUT2D eigenvalue weighted by Gasteiger charge is 2.29. The SMILES string of the molecule is CCCCCCCC/C=C\CCCCCCCCCCCCCCC(C[N+](C)(CC)CC)OP(=O)(O)O. The minimum absolute atomic E-state index is 0.369. The zero-order valence-electron chi connectivity index (χ0n) is 25.3. The summed E-state index contributed by atoms with van der Waals surface area (Å²) in [5, 5.41) is 0. The molecule has 6 heteroatoms. The van der Waals surface area contributed by atoms with Crippen LogP contribution in [0.15, 0.2) is 12.2 Å². The third-order valence-electron chi connectivity index (χ3n) is 8.00. The highest BCUT2D eigenvalue weighted by Crippen LogP contribution is 2.39. The van der Waals surface area contributed by atoms with Gasteiger partial charge in [-0.25, -0.2) is 4.57 Å². The Balaban J connectivity index is 3.57. The molecule has 0 aromatic rings. The predicted octanol–water partition coefficient (Wildman–Crippen LogP) is 9.72. The second kappa shape index (κ2) is 24.8. The molecule has 1 unspecified atom stereocenters. The quantitative estimate of drug-likeness (QED) is 0.0443. The lowest BCUT2D eigenvalue weighted by Gasteiger charge is -2.35. The van der Waals surface area contributed by atoms with Crippen molar-refractivity contribution < 1.29 is 23.4 Å². The molecule has 0 amide bonds. The van der Waals surface area contributed by atoms with Gasteiger partial charge in [-0.3, -0.25) is 4.52 Å². The van der Waals surface area contributed by atoms with Gasteiger partial charge in [0.1, 0.15) is 12.6 Å². The molecule has 37 heavy (non-hydrogen) atoms. The van der Waals surface area contributed by atoms with Crippen molar-refractivity contribution >= 4 is 7.82 Å². The average Bonchev–Trinajstić information content (AvgIpc) is 2.86. The van der Waals surface area contributed by atoms with Gasteiger partial charge in [0.2, 0.25) is 0 Å². The summed E-state index contributed by atoms with van der Waals surface area (Å²) in [5.74, 6) is 0. The normalized spacial score (nSPS) is 13.6. The first-order chi connectivity index (χ1) is 17.8. The van der Waals surface area contributed by atoms with Crippen LogP contribution in [0.2, 0.25) is 0 Å².